The fraction of sp³-hybridized carbons (Fsp3) is 0.286. The van der Waals surface area contributed by atoms with E-state index in [9.17, 15) is 0 Å². The molecule has 1 aromatic rings. The number of hydrogen-bond acceptors (Lipinski definition) is 3. The van der Waals surface area contributed by atoms with E-state index in [2.05, 4.69) is 10.1 Å². The van der Waals surface area contributed by atoms with Crippen molar-refractivity contribution >= 4 is 23.4 Å². The molecule has 1 aromatic heterocycles. The van der Waals surface area contributed by atoms with Gasteiger partial charge in [-0.3, -0.25) is 0 Å². The summed E-state index contributed by atoms with van der Waals surface area (Å²) in [4.78, 5) is 4.06. The van der Waals surface area contributed by atoms with Crippen LogP contribution in [0.25, 0.3) is 0 Å². The summed E-state index contributed by atoms with van der Waals surface area (Å²) in [6, 6.07) is 3.63. The largest absolute Gasteiger partial charge is 0.396 e. The summed E-state index contributed by atoms with van der Waals surface area (Å²) in [6.45, 7) is 0.412. The van der Waals surface area contributed by atoms with Crippen LogP contribution in [0.5, 0.6) is 0 Å². The lowest BCUT2D eigenvalue weighted by molar-refractivity contribution is 0.322. The van der Waals surface area contributed by atoms with Gasteiger partial charge in [0.1, 0.15) is 0 Å². The number of aliphatic hydroxyl groups excluding tert-OH is 1. The van der Waals surface area contributed by atoms with Crippen molar-refractivity contribution in [2.75, 3.05) is 12.4 Å². The Bertz CT molecular complexity index is 231. The molecule has 0 atom stereocenters. The second-order valence-corrected chi connectivity index (χ2v) is 3.42. The Labute approximate surface area is 76.1 Å². The highest BCUT2D eigenvalue weighted by molar-refractivity contribution is 7.99. The van der Waals surface area contributed by atoms with Crippen LogP contribution in [0, 0.1) is 0 Å². The number of hydrogen-bond donors (Lipinski definition) is 1. The maximum absolute atomic E-state index is 6.45. The van der Waals surface area contributed by atoms with Gasteiger partial charge in [-0.15, -0.1) is 11.8 Å². The second-order valence-electron chi connectivity index (χ2n) is 1.87. The van der Waals surface area contributed by atoms with Crippen LogP contribution in [0.4, 0.5) is 0 Å². The highest BCUT2D eigenvalue weighted by atomic mass is 35.5. The van der Waals surface area contributed by atoms with Gasteiger partial charge in [0.05, 0.1) is 16.7 Å². The first-order valence-corrected chi connectivity index (χ1v) is 4.52. The summed E-state index contributed by atoms with van der Waals surface area (Å²) in [5.41, 5.74) is 0. The van der Waals surface area contributed by atoms with Crippen molar-refractivity contribution in [2.24, 2.45) is 0 Å². The van der Waals surface area contributed by atoms with Crippen molar-refractivity contribution in [3.8, 4) is 0 Å². The van der Waals surface area contributed by atoms with Crippen molar-refractivity contribution in [1.82, 2.24) is 4.98 Å². The number of aromatic nitrogens is 1. The molecule has 1 heterocycles. The molecule has 0 bridgehead atoms. The van der Waals surface area contributed by atoms with Crippen molar-refractivity contribution in [2.45, 2.75) is 5.03 Å². The summed E-state index contributed by atoms with van der Waals surface area (Å²) in [5.74, 6) is 0.734. The van der Waals surface area contributed by atoms with Gasteiger partial charge in [-0.25, -0.2) is 4.98 Å². The lowest BCUT2D eigenvalue weighted by Gasteiger charge is -1.96. The fourth-order valence-corrected chi connectivity index (χ4v) is 1.29. The monoisotopic (exact) mass is 191 g/mol. The average molecular weight is 192 g/mol. The Hall–Kier alpha value is -0.250. The molecule has 0 fully saturated rings. The van der Waals surface area contributed by atoms with Crippen molar-refractivity contribution < 1.29 is 5.11 Å². The zero-order chi connectivity index (χ0) is 8.81. The lowest BCUT2D eigenvalue weighted by Crippen LogP contribution is -1.86. The summed E-state index contributed by atoms with van der Waals surface area (Å²) >= 11 is 7.19. The lowest BCUT2D eigenvalue weighted by atomic mass is 10.5. The highest BCUT2D eigenvalue weighted by Crippen LogP contribution is 2.16. The summed E-state index contributed by atoms with van der Waals surface area (Å²) in [6.07, 6.45) is 1.60. The van der Waals surface area contributed by atoms with Crippen LogP contribution in [0.2, 0.25) is 5.02 Å². The van der Waals surface area contributed by atoms with Crippen molar-refractivity contribution in [1.29, 1.82) is 1.43 Å². The number of halogens is 1. The maximum atomic E-state index is 6.45. The average Bonchev–Trinajstić information content (AvgIpc) is 2.09. The molecule has 0 aromatic carbocycles. The van der Waals surface area contributed by atoms with Gasteiger partial charge in [-0.2, -0.15) is 0 Å². The first kappa shape index (κ1) is 7.40. The number of rotatable bonds is 4. The van der Waals surface area contributed by atoms with Crippen LogP contribution < -0.4 is 0 Å². The smallest absolute Gasteiger partial charge is 0.210 e. The Morgan fingerprint density at radius 3 is 3.27 bits per heavy atom. The third kappa shape index (κ3) is 3.10. The summed E-state index contributed by atoms with van der Waals surface area (Å²) < 4.78 is 6.45. The molecule has 0 radical (unpaired) electrons. The van der Waals surface area contributed by atoms with Gasteiger partial charge in [0.15, 0.2) is 0 Å². The molecule has 2 nitrogen and oxygen atoms in total. The van der Waals surface area contributed by atoms with E-state index in [1.807, 2.05) is 6.07 Å². The van der Waals surface area contributed by atoms with Crippen LogP contribution in [0.15, 0.2) is 23.4 Å². The van der Waals surface area contributed by atoms with Gasteiger partial charge >= 0.3 is 0 Å². The molecule has 1 N–H and O–H groups in total. The zero-order valence-corrected chi connectivity index (χ0v) is 7.36. The second kappa shape index (κ2) is 4.59. The van der Waals surface area contributed by atoms with Gasteiger partial charge in [-0.05, 0) is 12.1 Å². The zero-order valence-electron chi connectivity index (χ0n) is 6.79. The molecular weight excluding hydrogens is 182 g/mol. The predicted molar refractivity (Wildman–Crippen MR) is 47.1 cm³/mol. The van der Waals surface area contributed by atoms with Crippen LogP contribution >= 0.6 is 23.4 Å². The van der Waals surface area contributed by atoms with Crippen molar-refractivity contribution in [3.05, 3.63) is 23.4 Å². The number of pyridine rings is 1. The van der Waals surface area contributed by atoms with E-state index in [1.54, 1.807) is 12.3 Å². The van der Waals surface area contributed by atoms with Gasteiger partial charge < -0.3 is 5.11 Å². The minimum Gasteiger partial charge on any atom is -0.396 e. The third-order valence-corrected chi connectivity index (χ3v) is 2.17. The SMILES string of the molecule is [3H]OCCSc1ccc(Cl)cn1. The molecule has 1 rings (SSSR count). The maximum Gasteiger partial charge on any atom is 0.210 e. The standard InChI is InChI=1S/C7H8ClNOS/c8-6-1-2-7(9-5-6)11-4-3-10/h1-2,5,10H,3-4H2/i10T. The molecule has 0 saturated carbocycles. The van der Waals surface area contributed by atoms with Gasteiger partial charge in [-0.1, -0.05) is 11.6 Å². The van der Waals surface area contributed by atoms with Crippen molar-refractivity contribution in [3.63, 3.8) is 0 Å². The van der Waals surface area contributed by atoms with Crippen LogP contribution in [0.1, 0.15) is 0 Å². The van der Waals surface area contributed by atoms with E-state index in [-0.39, 0.29) is 0 Å². The van der Waals surface area contributed by atoms with Gasteiger partial charge in [0.25, 0.3) is 0 Å². The molecule has 0 spiro atoms. The van der Waals surface area contributed by atoms with Gasteiger partial charge in [0, 0.05) is 11.9 Å². The molecule has 60 valence electrons. The number of nitrogens with zero attached hydrogens (tertiary/aromatic N) is 1. The molecule has 0 unspecified atom stereocenters. The Balaban J connectivity index is 2.37. The van der Waals surface area contributed by atoms with E-state index < -0.39 is 0 Å². The van der Waals surface area contributed by atoms with Crippen LogP contribution in [-0.4, -0.2) is 23.9 Å². The molecular formula is C7H8ClNOS. The molecule has 0 aliphatic rings. The van der Waals surface area contributed by atoms with E-state index in [4.69, 9.17) is 13.0 Å². The predicted octanol–water partition coefficient (Wildman–Crippen LogP) is 1.82. The molecule has 4 heteroatoms. The normalized spacial score (nSPS) is 11.2. The van der Waals surface area contributed by atoms with Crippen LogP contribution in [0.3, 0.4) is 0 Å². The Kier molecular flexibility index (Phi) is 3.09. The van der Waals surface area contributed by atoms with E-state index in [0.717, 1.165) is 10.8 Å². The summed E-state index contributed by atoms with van der Waals surface area (Å²) in [5, 5.41) is 5.70. The molecule has 0 saturated heterocycles. The first-order chi connectivity index (χ1) is 5.83. The van der Waals surface area contributed by atoms with E-state index in [0.29, 0.717) is 11.6 Å². The molecule has 0 aliphatic carbocycles. The minimum absolute atomic E-state index is 0.412. The first-order valence-electron chi connectivity index (χ1n) is 3.56. The van der Waals surface area contributed by atoms with Crippen LogP contribution in [-0.2, 0) is 0 Å². The summed E-state index contributed by atoms with van der Waals surface area (Å²) in [7, 11) is 0. The van der Waals surface area contributed by atoms with Gasteiger partial charge in [0.2, 0.25) is 1.43 Å². The topological polar surface area (TPSA) is 33.1 Å². The van der Waals surface area contributed by atoms with E-state index >= 15 is 0 Å². The minimum atomic E-state index is 0.412. The van der Waals surface area contributed by atoms with E-state index in [1.165, 1.54) is 11.8 Å². The molecule has 0 aliphatic heterocycles. The quantitative estimate of drug-likeness (QED) is 0.582. The highest BCUT2D eigenvalue weighted by Gasteiger charge is 1.93. The number of aliphatic hydroxyl groups is 1. The Morgan fingerprint density at radius 1 is 1.73 bits per heavy atom. The molecule has 0 amide bonds. The number of thioether (sulfide) groups is 1. The Morgan fingerprint density at radius 2 is 2.64 bits per heavy atom. The molecule has 11 heavy (non-hydrogen) atoms. The fourth-order valence-electron chi connectivity index (χ4n) is 0.594. The third-order valence-electron chi connectivity index (χ3n) is 1.03.